The summed E-state index contributed by atoms with van der Waals surface area (Å²) in [6, 6.07) is 19.4. The fourth-order valence-corrected chi connectivity index (χ4v) is 6.13. The van der Waals surface area contributed by atoms with Crippen LogP contribution in [0.25, 0.3) is 27.5 Å². The second-order valence-electron chi connectivity index (χ2n) is 11.1. The van der Waals surface area contributed by atoms with Crippen molar-refractivity contribution in [2.75, 3.05) is 24.1 Å². The first-order valence-electron chi connectivity index (χ1n) is 14.3. The van der Waals surface area contributed by atoms with E-state index < -0.39 is 0 Å². The molecule has 204 valence electrons. The Morgan fingerprint density at radius 3 is 2.60 bits per heavy atom. The summed E-state index contributed by atoms with van der Waals surface area (Å²) in [7, 11) is 0. The highest BCUT2D eigenvalue weighted by Gasteiger charge is 2.33. The van der Waals surface area contributed by atoms with Gasteiger partial charge in [-0.2, -0.15) is 10.2 Å². The highest BCUT2D eigenvalue weighted by molar-refractivity contribution is 6.02. The molecule has 3 N–H and O–H groups in total. The number of hydrogen-bond donors (Lipinski definition) is 2. The number of nitrogens with zero attached hydrogens (tertiary/aromatic N) is 6. The molecule has 1 aliphatic heterocycles. The van der Waals surface area contributed by atoms with Crippen molar-refractivity contribution in [3.8, 4) is 11.1 Å². The topological polar surface area (TPSA) is 106 Å². The fourth-order valence-electron chi connectivity index (χ4n) is 6.13. The van der Waals surface area contributed by atoms with Crippen molar-refractivity contribution in [3.05, 3.63) is 72.2 Å². The Balaban J connectivity index is 1.29. The van der Waals surface area contributed by atoms with E-state index in [0.717, 1.165) is 65.1 Å². The quantitative estimate of drug-likeness (QED) is 0.302. The zero-order valence-electron chi connectivity index (χ0n) is 22.8. The monoisotopic (exact) mass is 534 g/mol. The number of amides is 1. The van der Waals surface area contributed by atoms with E-state index in [9.17, 15) is 4.79 Å². The van der Waals surface area contributed by atoms with Crippen molar-refractivity contribution >= 4 is 34.0 Å². The van der Waals surface area contributed by atoms with Crippen LogP contribution in [0.4, 0.5) is 11.6 Å². The minimum Gasteiger partial charge on any atom is -0.382 e. The van der Waals surface area contributed by atoms with Gasteiger partial charge in [0.05, 0.1) is 12.1 Å². The molecule has 0 spiro atoms. The normalized spacial score (nSPS) is 16.6. The molecule has 9 heteroatoms. The molecule has 0 bridgehead atoms. The Morgan fingerprint density at radius 2 is 1.85 bits per heavy atom. The van der Waals surface area contributed by atoms with Crippen molar-refractivity contribution in [1.82, 2.24) is 29.3 Å². The molecule has 2 aromatic carbocycles. The molecule has 2 aliphatic rings. The Labute approximate surface area is 233 Å². The van der Waals surface area contributed by atoms with Gasteiger partial charge < -0.3 is 16.0 Å². The van der Waals surface area contributed by atoms with Gasteiger partial charge in [-0.25, -0.2) is 14.2 Å². The number of nitrogens with two attached hydrogens (primary N) is 1. The summed E-state index contributed by atoms with van der Waals surface area (Å²) >= 11 is 0. The van der Waals surface area contributed by atoms with Gasteiger partial charge in [0.15, 0.2) is 5.82 Å². The van der Waals surface area contributed by atoms with Gasteiger partial charge in [0.1, 0.15) is 17.7 Å². The molecule has 1 amide bonds. The molecular weight excluding hydrogens is 500 g/mol. The zero-order chi connectivity index (χ0) is 27.2. The molecule has 2 fully saturated rings. The van der Waals surface area contributed by atoms with Crippen LogP contribution >= 0.6 is 0 Å². The lowest BCUT2D eigenvalue weighted by Gasteiger charge is -2.31. The molecule has 1 saturated heterocycles. The molecule has 5 aromatic rings. The first-order chi connectivity index (χ1) is 19.6. The van der Waals surface area contributed by atoms with Gasteiger partial charge in [0, 0.05) is 35.0 Å². The minimum absolute atomic E-state index is 0.0408. The number of hydrogen-bond acceptors (Lipinski definition) is 6. The predicted octanol–water partition coefficient (Wildman–Crippen LogP) is 5.07. The van der Waals surface area contributed by atoms with E-state index in [-0.39, 0.29) is 5.91 Å². The third kappa shape index (κ3) is 4.50. The van der Waals surface area contributed by atoms with Crippen LogP contribution in [0.3, 0.4) is 0 Å². The first-order valence-corrected chi connectivity index (χ1v) is 14.3. The maximum Gasteiger partial charge on any atom is 0.225 e. The summed E-state index contributed by atoms with van der Waals surface area (Å²) in [6.07, 6.45) is 6.88. The van der Waals surface area contributed by atoms with Crippen LogP contribution in [0, 0.1) is 0 Å². The van der Waals surface area contributed by atoms with Gasteiger partial charge in [-0.3, -0.25) is 4.79 Å². The maximum absolute atomic E-state index is 12.4. The molecule has 0 radical (unpaired) electrons. The second kappa shape index (κ2) is 10.1. The summed E-state index contributed by atoms with van der Waals surface area (Å²) in [5, 5.41) is 13.6. The summed E-state index contributed by atoms with van der Waals surface area (Å²) in [6.45, 7) is 4.68. The molecule has 40 heavy (non-hydrogen) atoms. The van der Waals surface area contributed by atoms with Crippen LogP contribution in [0.5, 0.6) is 0 Å². The van der Waals surface area contributed by atoms with E-state index >= 15 is 0 Å². The highest BCUT2D eigenvalue weighted by Crippen LogP contribution is 2.39. The van der Waals surface area contributed by atoms with Gasteiger partial charge >= 0.3 is 0 Å². The Hall–Kier alpha value is -4.24. The van der Waals surface area contributed by atoms with Gasteiger partial charge in [-0.1, -0.05) is 43.3 Å². The van der Waals surface area contributed by atoms with Crippen LogP contribution < -0.4 is 11.1 Å². The Kier molecular flexibility index (Phi) is 6.23. The number of nitrogens with one attached hydrogen (secondary N) is 1. The van der Waals surface area contributed by atoms with Crippen molar-refractivity contribution in [1.29, 1.82) is 0 Å². The molecule has 0 atom stereocenters. The number of carbonyl (C=O) groups is 1. The second-order valence-corrected chi connectivity index (χ2v) is 11.1. The lowest BCUT2D eigenvalue weighted by molar-refractivity contribution is -0.115. The molecule has 3 aromatic heterocycles. The van der Waals surface area contributed by atoms with Crippen LogP contribution in [-0.2, 0) is 11.3 Å². The standard InChI is InChI=1S/C31H34N8O/c1-2-28(40)35-31-24-11-8-22(16-26(24)36-38(31)18-20-6-4-3-5-7-20)25-17-27(39-29(25)30(32)33-19-34-39)21-12-14-37(15-13-21)23-9-10-23/h3-8,11,16-17,19,21,23H,2,9-10,12-15,18H2,1H3,(H,35,40)(H2,32,33,34). The summed E-state index contributed by atoms with van der Waals surface area (Å²) in [5.74, 6) is 1.57. The van der Waals surface area contributed by atoms with E-state index in [1.807, 2.05) is 40.4 Å². The number of likely N-dealkylation sites (tertiary alicyclic amines) is 1. The number of aromatic nitrogens is 5. The van der Waals surface area contributed by atoms with Crippen molar-refractivity contribution in [3.63, 3.8) is 0 Å². The summed E-state index contributed by atoms with van der Waals surface area (Å²) in [5.41, 5.74) is 12.4. The zero-order valence-corrected chi connectivity index (χ0v) is 22.8. The lowest BCUT2D eigenvalue weighted by atomic mass is 9.93. The molecule has 9 nitrogen and oxygen atoms in total. The smallest absolute Gasteiger partial charge is 0.225 e. The summed E-state index contributed by atoms with van der Waals surface area (Å²) in [4.78, 5) is 19.4. The number of piperidine rings is 1. The van der Waals surface area contributed by atoms with E-state index in [1.165, 1.54) is 18.5 Å². The molecule has 1 saturated carbocycles. The molecule has 4 heterocycles. The average Bonchev–Trinajstić information content (AvgIpc) is 3.68. The van der Waals surface area contributed by atoms with Crippen molar-refractivity contribution < 1.29 is 4.79 Å². The van der Waals surface area contributed by atoms with Crippen LogP contribution in [-0.4, -0.2) is 54.3 Å². The molecule has 1 aliphatic carbocycles. The van der Waals surface area contributed by atoms with Crippen molar-refractivity contribution in [2.45, 2.75) is 57.5 Å². The number of rotatable bonds is 7. The predicted molar refractivity (Wildman–Crippen MR) is 157 cm³/mol. The average molecular weight is 535 g/mol. The number of nitrogen functional groups attached to an aromatic ring is 1. The Morgan fingerprint density at radius 1 is 1.05 bits per heavy atom. The number of fused-ring (bicyclic) bond motifs is 2. The van der Waals surface area contributed by atoms with Gasteiger partial charge in [0.2, 0.25) is 5.91 Å². The number of benzene rings is 2. The SMILES string of the molecule is CCC(=O)Nc1c2ccc(-c3cc(C4CCN(C5CC5)CC4)n4ncnc(N)c34)cc2nn1Cc1ccccc1. The molecular formula is C31H34N8O. The van der Waals surface area contributed by atoms with Crippen LogP contribution in [0.2, 0.25) is 0 Å². The largest absolute Gasteiger partial charge is 0.382 e. The lowest BCUT2D eigenvalue weighted by Crippen LogP contribution is -2.34. The van der Waals surface area contributed by atoms with Crippen LogP contribution in [0.1, 0.15) is 56.2 Å². The van der Waals surface area contributed by atoms with E-state index in [1.54, 1.807) is 6.33 Å². The van der Waals surface area contributed by atoms with Crippen molar-refractivity contribution in [2.24, 2.45) is 0 Å². The molecule has 0 unspecified atom stereocenters. The Bertz CT molecular complexity index is 1690. The van der Waals surface area contributed by atoms with Crippen LogP contribution in [0.15, 0.2) is 60.9 Å². The third-order valence-corrected chi connectivity index (χ3v) is 8.43. The number of carbonyl (C=O) groups excluding carboxylic acids is 1. The highest BCUT2D eigenvalue weighted by atomic mass is 16.1. The summed E-state index contributed by atoms with van der Waals surface area (Å²) < 4.78 is 3.88. The van der Waals surface area contributed by atoms with Gasteiger partial charge in [0.25, 0.3) is 0 Å². The van der Waals surface area contributed by atoms with E-state index in [4.69, 9.17) is 10.8 Å². The number of anilines is 2. The van der Waals surface area contributed by atoms with Gasteiger partial charge in [-0.05, 0) is 68.1 Å². The van der Waals surface area contributed by atoms with Gasteiger partial charge in [-0.15, -0.1) is 0 Å². The maximum atomic E-state index is 12.4. The molecule has 7 rings (SSSR count). The first kappa shape index (κ1) is 24.8. The minimum atomic E-state index is -0.0408. The third-order valence-electron chi connectivity index (χ3n) is 8.43. The van der Waals surface area contributed by atoms with E-state index in [0.29, 0.717) is 30.5 Å². The van der Waals surface area contributed by atoms with E-state index in [2.05, 4.69) is 50.6 Å². The fraction of sp³-hybridized carbons (Fsp3) is 0.355.